The number of rotatable bonds is 8. The molecule has 3 heteroatoms. The van der Waals surface area contributed by atoms with Crippen molar-refractivity contribution in [3.63, 3.8) is 0 Å². The summed E-state index contributed by atoms with van der Waals surface area (Å²) in [6.45, 7) is 11.0. The minimum Gasteiger partial charge on any atom is -0.492 e. The number of nitrogens with two attached hydrogens (primary N) is 1. The van der Waals surface area contributed by atoms with Crippen molar-refractivity contribution in [3.05, 3.63) is 30.3 Å². The molecule has 1 rings (SSSR count). The number of para-hydroxylation sites is 1. The molecule has 1 aromatic rings. The summed E-state index contributed by atoms with van der Waals surface area (Å²) in [5.41, 5.74) is 5.94. The number of benzene rings is 1. The zero-order valence-corrected chi connectivity index (χ0v) is 11.9. The van der Waals surface area contributed by atoms with E-state index in [0.717, 1.165) is 32.0 Å². The first-order valence-electron chi connectivity index (χ1n) is 6.67. The molecule has 1 aromatic carbocycles. The number of likely N-dealkylation sites (N-methyl/N-ethyl adjacent to an activating group) is 1. The molecule has 0 fully saturated rings. The maximum Gasteiger partial charge on any atom is 0.119 e. The quantitative estimate of drug-likeness (QED) is 0.770. The SMILES string of the molecule is CCN(CCOc1ccccc1)CC(C)(C)CN. The molecule has 102 valence electrons. The summed E-state index contributed by atoms with van der Waals surface area (Å²) in [5.74, 6) is 0.937. The molecule has 18 heavy (non-hydrogen) atoms. The highest BCUT2D eigenvalue weighted by Crippen LogP contribution is 2.14. The van der Waals surface area contributed by atoms with Gasteiger partial charge in [0.15, 0.2) is 0 Å². The number of ether oxygens (including phenoxy) is 1. The average Bonchev–Trinajstić information content (AvgIpc) is 2.38. The molecule has 0 radical (unpaired) electrons. The van der Waals surface area contributed by atoms with Gasteiger partial charge >= 0.3 is 0 Å². The Morgan fingerprint density at radius 1 is 1.22 bits per heavy atom. The lowest BCUT2D eigenvalue weighted by Gasteiger charge is -2.30. The minimum atomic E-state index is 0.169. The van der Waals surface area contributed by atoms with Crippen LogP contribution in [0.1, 0.15) is 20.8 Å². The van der Waals surface area contributed by atoms with E-state index in [4.69, 9.17) is 10.5 Å². The van der Waals surface area contributed by atoms with E-state index < -0.39 is 0 Å². The van der Waals surface area contributed by atoms with Crippen LogP contribution in [0.4, 0.5) is 0 Å². The van der Waals surface area contributed by atoms with Gasteiger partial charge < -0.3 is 10.5 Å². The molecule has 0 unspecified atom stereocenters. The predicted molar refractivity (Wildman–Crippen MR) is 76.9 cm³/mol. The first kappa shape index (κ1) is 15.0. The van der Waals surface area contributed by atoms with Crippen LogP contribution in [0.2, 0.25) is 0 Å². The third kappa shape index (κ3) is 5.52. The minimum absolute atomic E-state index is 0.169. The van der Waals surface area contributed by atoms with Gasteiger partial charge in [-0.25, -0.2) is 0 Å². The second kappa shape index (κ2) is 7.39. The van der Waals surface area contributed by atoms with Crippen LogP contribution in [0.25, 0.3) is 0 Å². The highest BCUT2D eigenvalue weighted by molar-refractivity contribution is 5.20. The molecule has 2 N–H and O–H groups in total. The summed E-state index contributed by atoms with van der Waals surface area (Å²) in [5, 5.41) is 0. The van der Waals surface area contributed by atoms with E-state index in [1.54, 1.807) is 0 Å². The fourth-order valence-corrected chi connectivity index (χ4v) is 1.83. The van der Waals surface area contributed by atoms with E-state index in [2.05, 4.69) is 25.7 Å². The van der Waals surface area contributed by atoms with Crippen LogP contribution in [0.15, 0.2) is 30.3 Å². The van der Waals surface area contributed by atoms with Gasteiger partial charge in [0.1, 0.15) is 12.4 Å². The Balaban J connectivity index is 2.32. The first-order valence-corrected chi connectivity index (χ1v) is 6.67. The molecule has 0 saturated carbocycles. The molecule has 0 spiro atoms. The highest BCUT2D eigenvalue weighted by atomic mass is 16.5. The molecule has 0 atom stereocenters. The van der Waals surface area contributed by atoms with Crippen molar-refractivity contribution in [1.29, 1.82) is 0 Å². The third-order valence-electron chi connectivity index (χ3n) is 3.07. The molecule has 0 saturated heterocycles. The lowest BCUT2D eigenvalue weighted by atomic mass is 9.93. The third-order valence-corrected chi connectivity index (χ3v) is 3.07. The largest absolute Gasteiger partial charge is 0.492 e. The normalized spacial score (nSPS) is 11.8. The zero-order chi connectivity index (χ0) is 13.4. The Bertz CT molecular complexity index is 325. The summed E-state index contributed by atoms with van der Waals surface area (Å²) in [6, 6.07) is 9.95. The van der Waals surface area contributed by atoms with Gasteiger partial charge in [-0.15, -0.1) is 0 Å². The summed E-state index contributed by atoms with van der Waals surface area (Å²) < 4.78 is 5.71. The highest BCUT2D eigenvalue weighted by Gasteiger charge is 2.19. The second-order valence-electron chi connectivity index (χ2n) is 5.40. The van der Waals surface area contributed by atoms with Crippen LogP contribution in [0, 0.1) is 5.41 Å². The van der Waals surface area contributed by atoms with Crippen LogP contribution in [-0.4, -0.2) is 37.7 Å². The zero-order valence-electron chi connectivity index (χ0n) is 11.9. The maximum absolute atomic E-state index is 5.77. The Morgan fingerprint density at radius 3 is 2.44 bits per heavy atom. The van der Waals surface area contributed by atoms with Crippen molar-refractivity contribution in [3.8, 4) is 5.75 Å². The molecule has 0 aliphatic rings. The van der Waals surface area contributed by atoms with E-state index in [-0.39, 0.29) is 5.41 Å². The Morgan fingerprint density at radius 2 is 1.89 bits per heavy atom. The van der Waals surface area contributed by atoms with Gasteiger partial charge in [0.2, 0.25) is 0 Å². The molecule has 3 nitrogen and oxygen atoms in total. The van der Waals surface area contributed by atoms with Crippen LogP contribution < -0.4 is 10.5 Å². The first-order chi connectivity index (χ1) is 8.57. The molecule has 0 aliphatic heterocycles. The Labute approximate surface area is 111 Å². The van der Waals surface area contributed by atoms with Gasteiger partial charge in [-0.05, 0) is 30.6 Å². The van der Waals surface area contributed by atoms with Crippen LogP contribution >= 0.6 is 0 Å². The lowest BCUT2D eigenvalue weighted by Crippen LogP contribution is -2.40. The number of hydrogen-bond acceptors (Lipinski definition) is 3. The standard InChI is InChI=1S/C15H26N2O/c1-4-17(13-15(2,3)12-16)10-11-18-14-8-6-5-7-9-14/h5-9H,4,10-13,16H2,1-3H3. The smallest absolute Gasteiger partial charge is 0.119 e. The van der Waals surface area contributed by atoms with E-state index in [1.165, 1.54) is 0 Å². The van der Waals surface area contributed by atoms with Gasteiger partial charge in [-0.1, -0.05) is 39.0 Å². The summed E-state index contributed by atoms with van der Waals surface area (Å²) >= 11 is 0. The molecule has 0 aromatic heterocycles. The second-order valence-corrected chi connectivity index (χ2v) is 5.40. The van der Waals surface area contributed by atoms with Crippen molar-refractivity contribution >= 4 is 0 Å². The fourth-order valence-electron chi connectivity index (χ4n) is 1.83. The van der Waals surface area contributed by atoms with Crippen LogP contribution in [0.3, 0.4) is 0 Å². The molecule has 0 aliphatic carbocycles. The van der Waals surface area contributed by atoms with Gasteiger partial charge in [-0.2, -0.15) is 0 Å². The van der Waals surface area contributed by atoms with E-state index in [1.807, 2.05) is 30.3 Å². The van der Waals surface area contributed by atoms with Crippen molar-refractivity contribution in [2.45, 2.75) is 20.8 Å². The van der Waals surface area contributed by atoms with Crippen LogP contribution in [-0.2, 0) is 0 Å². The van der Waals surface area contributed by atoms with Gasteiger partial charge in [0.25, 0.3) is 0 Å². The fraction of sp³-hybridized carbons (Fsp3) is 0.600. The Kier molecular flexibility index (Phi) is 6.16. The van der Waals surface area contributed by atoms with Crippen molar-refractivity contribution < 1.29 is 4.74 Å². The van der Waals surface area contributed by atoms with E-state index in [9.17, 15) is 0 Å². The Hall–Kier alpha value is -1.06. The van der Waals surface area contributed by atoms with Crippen molar-refractivity contribution in [1.82, 2.24) is 4.90 Å². The summed E-state index contributed by atoms with van der Waals surface area (Å²) in [7, 11) is 0. The average molecular weight is 250 g/mol. The van der Waals surface area contributed by atoms with Gasteiger partial charge in [0.05, 0.1) is 0 Å². The monoisotopic (exact) mass is 250 g/mol. The molecule has 0 bridgehead atoms. The van der Waals surface area contributed by atoms with Crippen molar-refractivity contribution in [2.75, 3.05) is 32.8 Å². The van der Waals surface area contributed by atoms with E-state index in [0.29, 0.717) is 6.54 Å². The topological polar surface area (TPSA) is 38.5 Å². The van der Waals surface area contributed by atoms with Gasteiger partial charge in [0, 0.05) is 13.1 Å². The number of hydrogen-bond donors (Lipinski definition) is 1. The summed E-state index contributed by atoms with van der Waals surface area (Å²) in [4.78, 5) is 2.38. The predicted octanol–water partition coefficient (Wildman–Crippen LogP) is 2.37. The van der Waals surface area contributed by atoms with Crippen LogP contribution in [0.5, 0.6) is 5.75 Å². The van der Waals surface area contributed by atoms with Gasteiger partial charge in [-0.3, -0.25) is 4.90 Å². The van der Waals surface area contributed by atoms with Crippen molar-refractivity contribution in [2.24, 2.45) is 11.1 Å². The lowest BCUT2D eigenvalue weighted by molar-refractivity contribution is 0.160. The molecule has 0 heterocycles. The number of nitrogens with zero attached hydrogens (tertiary/aromatic N) is 1. The molecular formula is C15H26N2O. The molecule has 0 amide bonds. The van der Waals surface area contributed by atoms with E-state index >= 15 is 0 Å². The summed E-state index contributed by atoms with van der Waals surface area (Å²) in [6.07, 6.45) is 0. The molecular weight excluding hydrogens is 224 g/mol. The maximum atomic E-state index is 5.77.